The van der Waals surface area contributed by atoms with Gasteiger partial charge in [-0.3, -0.25) is 10.2 Å². The number of ketones is 1. The Labute approximate surface area is 120 Å². The number of nitrogens with one attached hydrogen (secondary N) is 1. The van der Waals surface area contributed by atoms with Gasteiger partial charge in [-0.25, -0.2) is 0 Å². The zero-order valence-corrected chi connectivity index (χ0v) is 12.1. The van der Waals surface area contributed by atoms with Crippen molar-refractivity contribution in [2.24, 2.45) is 5.41 Å². The van der Waals surface area contributed by atoms with Crippen molar-refractivity contribution in [1.29, 1.82) is 5.41 Å². The zero-order valence-electron chi connectivity index (χ0n) is 12.1. The summed E-state index contributed by atoms with van der Waals surface area (Å²) in [6, 6.07) is 16.9. The van der Waals surface area contributed by atoms with Crippen molar-refractivity contribution in [2.45, 2.75) is 20.8 Å². The Morgan fingerprint density at radius 1 is 0.800 bits per heavy atom. The van der Waals surface area contributed by atoms with Gasteiger partial charge >= 0.3 is 0 Å². The SMILES string of the molecule is CC(C)(C)C(=O)c1ccc(C(=N)c2ccccc2)cc1. The standard InChI is InChI=1S/C18H19NO/c1-18(2,3)17(20)15-11-9-14(10-12-15)16(19)13-7-5-4-6-8-13/h4-12,19H,1-3H3. The second-order valence-corrected chi connectivity index (χ2v) is 5.90. The average molecular weight is 265 g/mol. The molecule has 0 spiro atoms. The van der Waals surface area contributed by atoms with Crippen molar-refractivity contribution in [3.05, 3.63) is 71.3 Å². The van der Waals surface area contributed by atoms with Crippen LogP contribution in [0.2, 0.25) is 0 Å². The van der Waals surface area contributed by atoms with Crippen LogP contribution in [0.25, 0.3) is 0 Å². The fourth-order valence-corrected chi connectivity index (χ4v) is 1.99. The molecular weight excluding hydrogens is 246 g/mol. The van der Waals surface area contributed by atoms with E-state index in [1.165, 1.54) is 0 Å². The molecular formula is C18H19NO. The molecule has 0 atom stereocenters. The second-order valence-electron chi connectivity index (χ2n) is 5.90. The van der Waals surface area contributed by atoms with Gasteiger partial charge in [0.05, 0.1) is 5.71 Å². The van der Waals surface area contributed by atoms with Gasteiger partial charge in [-0.2, -0.15) is 0 Å². The number of hydrogen-bond donors (Lipinski definition) is 1. The summed E-state index contributed by atoms with van der Waals surface area (Å²) in [5, 5.41) is 8.19. The van der Waals surface area contributed by atoms with Crippen molar-refractivity contribution in [1.82, 2.24) is 0 Å². The van der Waals surface area contributed by atoms with Gasteiger partial charge in [-0.05, 0) is 5.56 Å². The Bertz CT molecular complexity index is 619. The van der Waals surface area contributed by atoms with Crippen molar-refractivity contribution in [3.63, 3.8) is 0 Å². The van der Waals surface area contributed by atoms with Gasteiger partial charge in [0.1, 0.15) is 0 Å². The van der Waals surface area contributed by atoms with Crippen LogP contribution < -0.4 is 0 Å². The molecule has 0 aliphatic heterocycles. The molecule has 2 rings (SSSR count). The summed E-state index contributed by atoms with van der Waals surface area (Å²) < 4.78 is 0. The summed E-state index contributed by atoms with van der Waals surface area (Å²) in [5.41, 5.74) is 2.49. The molecule has 2 nitrogen and oxygen atoms in total. The maximum atomic E-state index is 12.2. The maximum absolute atomic E-state index is 12.2. The lowest BCUT2D eigenvalue weighted by Gasteiger charge is -2.16. The number of rotatable bonds is 3. The molecule has 0 saturated carbocycles. The molecule has 1 N–H and O–H groups in total. The number of carbonyl (C=O) groups is 1. The Morgan fingerprint density at radius 2 is 1.25 bits per heavy atom. The van der Waals surface area contributed by atoms with Gasteiger partial charge in [-0.1, -0.05) is 75.4 Å². The van der Waals surface area contributed by atoms with Gasteiger partial charge in [0, 0.05) is 16.5 Å². The van der Waals surface area contributed by atoms with E-state index in [-0.39, 0.29) is 11.2 Å². The first-order valence-electron chi connectivity index (χ1n) is 6.69. The van der Waals surface area contributed by atoms with Crippen molar-refractivity contribution in [2.75, 3.05) is 0 Å². The Morgan fingerprint density at radius 3 is 1.75 bits per heavy atom. The first-order chi connectivity index (χ1) is 9.39. The lowest BCUT2D eigenvalue weighted by molar-refractivity contribution is 0.0858. The summed E-state index contributed by atoms with van der Waals surface area (Å²) in [7, 11) is 0. The van der Waals surface area contributed by atoms with Gasteiger partial charge in [0.25, 0.3) is 0 Å². The highest BCUT2D eigenvalue weighted by Crippen LogP contribution is 2.21. The Balaban J connectivity index is 2.25. The Hall–Kier alpha value is -2.22. The van der Waals surface area contributed by atoms with Crippen LogP contribution in [0, 0.1) is 10.8 Å². The highest BCUT2D eigenvalue weighted by Gasteiger charge is 2.22. The van der Waals surface area contributed by atoms with E-state index in [0.29, 0.717) is 11.3 Å². The smallest absolute Gasteiger partial charge is 0.168 e. The molecule has 2 heteroatoms. The number of hydrogen-bond acceptors (Lipinski definition) is 2. The summed E-state index contributed by atoms with van der Waals surface area (Å²) in [4.78, 5) is 12.2. The van der Waals surface area contributed by atoms with Crippen LogP contribution in [0.15, 0.2) is 54.6 Å². The molecule has 0 aliphatic carbocycles. The third-order valence-electron chi connectivity index (χ3n) is 3.18. The van der Waals surface area contributed by atoms with Crippen LogP contribution in [0.1, 0.15) is 42.3 Å². The summed E-state index contributed by atoms with van der Waals surface area (Å²) in [6.07, 6.45) is 0. The molecule has 102 valence electrons. The third kappa shape index (κ3) is 3.02. The van der Waals surface area contributed by atoms with E-state index >= 15 is 0 Å². The highest BCUT2D eigenvalue weighted by atomic mass is 16.1. The molecule has 0 saturated heterocycles. The van der Waals surface area contributed by atoms with Crippen LogP contribution in [0.5, 0.6) is 0 Å². The van der Waals surface area contributed by atoms with E-state index in [0.717, 1.165) is 11.1 Å². The number of carbonyl (C=O) groups excluding carboxylic acids is 1. The highest BCUT2D eigenvalue weighted by molar-refractivity contribution is 6.11. The number of Topliss-reactive ketones (excluding diaryl/α,β-unsaturated/α-hetero) is 1. The first-order valence-corrected chi connectivity index (χ1v) is 6.69. The van der Waals surface area contributed by atoms with Crippen LogP contribution >= 0.6 is 0 Å². The van der Waals surface area contributed by atoms with Crippen molar-refractivity contribution in [3.8, 4) is 0 Å². The van der Waals surface area contributed by atoms with Gasteiger partial charge in [0.2, 0.25) is 0 Å². The fraction of sp³-hybridized carbons (Fsp3) is 0.222. The predicted octanol–water partition coefficient (Wildman–Crippen LogP) is 4.33. The van der Waals surface area contributed by atoms with Gasteiger partial charge in [0.15, 0.2) is 5.78 Å². The molecule has 0 radical (unpaired) electrons. The molecule has 2 aromatic carbocycles. The van der Waals surface area contributed by atoms with Crippen LogP contribution in [-0.2, 0) is 0 Å². The molecule has 0 bridgehead atoms. The topological polar surface area (TPSA) is 40.9 Å². The zero-order chi connectivity index (χ0) is 14.8. The van der Waals surface area contributed by atoms with Crippen LogP contribution in [-0.4, -0.2) is 11.5 Å². The minimum atomic E-state index is -0.381. The minimum absolute atomic E-state index is 0.121. The summed E-state index contributed by atoms with van der Waals surface area (Å²) in [6.45, 7) is 5.74. The van der Waals surface area contributed by atoms with E-state index < -0.39 is 0 Å². The minimum Gasteiger partial charge on any atom is -0.300 e. The fourth-order valence-electron chi connectivity index (χ4n) is 1.99. The van der Waals surface area contributed by atoms with E-state index in [2.05, 4.69) is 0 Å². The third-order valence-corrected chi connectivity index (χ3v) is 3.18. The summed E-state index contributed by atoms with van der Waals surface area (Å²) in [5.74, 6) is 0.121. The molecule has 20 heavy (non-hydrogen) atoms. The molecule has 0 amide bonds. The first kappa shape index (κ1) is 14.2. The molecule has 0 aromatic heterocycles. The predicted molar refractivity (Wildman–Crippen MR) is 82.6 cm³/mol. The van der Waals surface area contributed by atoms with Crippen molar-refractivity contribution < 1.29 is 4.79 Å². The van der Waals surface area contributed by atoms with E-state index in [1.54, 1.807) is 12.1 Å². The lowest BCUT2D eigenvalue weighted by Crippen LogP contribution is -2.20. The number of benzene rings is 2. The molecule has 0 unspecified atom stereocenters. The normalized spacial score (nSPS) is 11.2. The molecule has 0 fully saturated rings. The van der Waals surface area contributed by atoms with Crippen LogP contribution in [0.3, 0.4) is 0 Å². The van der Waals surface area contributed by atoms with Gasteiger partial charge < -0.3 is 0 Å². The average Bonchev–Trinajstić information content (AvgIpc) is 2.46. The summed E-state index contributed by atoms with van der Waals surface area (Å²) >= 11 is 0. The quantitative estimate of drug-likeness (QED) is 0.651. The largest absolute Gasteiger partial charge is 0.300 e. The maximum Gasteiger partial charge on any atom is 0.168 e. The molecule has 0 heterocycles. The van der Waals surface area contributed by atoms with Gasteiger partial charge in [-0.15, -0.1) is 0 Å². The lowest BCUT2D eigenvalue weighted by atomic mass is 9.86. The van der Waals surface area contributed by atoms with Crippen LogP contribution in [0.4, 0.5) is 0 Å². The molecule has 2 aromatic rings. The van der Waals surface area contributed by atoms with Crippen molar-refractivity contribution >= 4 is 11.5 Å². The second kappa shape index (κ2) is 5.41. The monoisotopic (exact) mass is 265 g/mol. The van der Waals surface area contributed by atoms with E-state index in [1.807, 2.05) is 63.2 Å². The molecule has 0 aliphatic rings. The Kier molecular flexibility index (Phi) is 3.84. The van der Waals surface area contributed by atoms with E-state index in [9.17, 15) is 4.79 Å². The van der Waals surface area contributed by atoms with E-state index in [4.69, 9.17) is 5.41 Å².